The van der Waals surface area contributed by atoms with Crippen LogP contribution in [0.3, 0.4) is 0 Å². The third-order valence-electron chi connectivity index (χ3n) is 5.68. The van der Waals surface area contributed by atoms with Gasteiger partial charge in [-0.1, -0.05) is 0 Å². The standard InChI is InChI=1S/C24H27N3O5/c1-29-16-7-9-18(21(14-16)31-3)23-20-6-5-11-26(20)12-13-27(23)24(28)25-19-10-8-17(30-2)15-22(19)32-4/h5-11,14-15,23H,12-13H2,1-4H3,(H,25,28). The molecule has 1 aromatic heterocycles. The molecule has 1 unspecified atom stereocenters. The Balaban J connectivity index is 1.71. The van der Waals surface area contributed by atoms with E-state index in [0.717, 1.165) is 11.3 Å². The molecule has 168 valence electrons. The van der Waals surface area contributed by atoms with Crippen molar-refractivity contribution in [2.75, 3.05) is 40.3 Å². The van der Waals surface area contributed by atoms with Crippen LogP contribution in [-0.4, -0.2) is 50.5 Å². The van der Waals surface area contributed by atoms with Crippen molar-refractivity contribution >= 4 is 11.7 Å². The summed E-state index contributed by atoms with van der Waals surface area (Å²) in [5, 5.41) is 3.00. The first-order chi connectivity index (χ1) is 15.6. The Bertz CT molecular complexity index is 1110. The van der Waals surface area contributed by atoms with Crippen LogP contribution in [0.1, 0.15) is 17.3 Å². The third-order valence-corrected chi connectivity index (χ3v) is 5.68. The number of methoxy groups -OCH3 is 4. The monoisotopic (exact) mass is 437 g/mol. The number of benzene rings is 2. The Kier molecular flexibility index (Phi) is 6.11. The number of hydrogen-bond donors (Lipinski definition) is 1. The van der Waals surface area contributed by atoms with Crippen molar-refractivity contribution in [2.24, 2.45) is 0 Å². The summed E-state index contributed by atoms with van der Waals surface area (Å²) >= 11 is 0. The Labute approximate surface area is 187 Å². The molecule has 0 radical (unpaired) electrons. The van der Waals surface area contributed by atoms with Gasteiger partial charge in [-0.2, -0.15) is 0 Å². The Hall–Kier alpha value is -3.81. The number of carbonyl (C=O) groups excluding carboxylic acids is 1. The quantitative estimate of drug-likeness (QED) is 0.627. The molecule has 0 spiro atoms. The second kappa shape index (κ2) is 9.13. The van der Waals surface area contributed by atoms with Crippen molar-refractivity contribution < 1.29 is 23.7 Å². The number of hydrogen-bond acceptors (Lipinski definition) is 5. The molecule has 3 aromatic rings. The van der Waals surface area contributed by atoms with Crippen LogP contribution in [0.2, 0.25) is 0 Å². The molecule has 8 heteroatoms. The van der Waals surface area contributed by atoms with Crippen LogP contribution in [0.15, 0.2) is 54.7 Å². The number of ether oxygens (including phenoxy) is 4. The highest BCUT2D eigenvalue weighted by Gasteiger charge is 2.34. The van der Waals surface area contributed by atoms with Gasteiger partial charge in [0.1, 0.15) is 29.0 Å². The van der Waals surface area contributed by atoms with Crippen molar-refractivity contribution in [3.63, 3.8) is 0 Å². The molecule has 2 amide bonds. The van der Waals surface area contributed by atoms with E-state index in [1.807, 2.05) is 41.4 Å². The number of nitrogens with zero attached hydrogens (tertiary/aromatic N) is 2. The van der Waals surface area contributed by atoms with Crippen molar-refractivity contribution in [1.29, 1.82) is 0 Å². The van der Waals surface area contributed by atoms with Gasteiger partial charge >= 0.3 is 6.03 Å². The highest BCUT2D eigenvalue weighted by Crippen LogP contribution is 2.39. The van der Waals surface area contributed by atoms with Crippen LogP contribution >= 0.6 is 0 Å². The zero-order valence-corrected chi connectivity index (χ0v) is 18.6. The van der Waals surface area contributed by atoms with Gasteiger partial charge in [0.25, 0.3) is 0 Å². The predicted molar refractivity (Wildman–Crippen MR) is 121 cm³/mol. The maximum Gasteiger partial charge on any atom is 0.322 e. The summed E-state index contributed by atoms with van der Waals surface area (Å²) in [7, 11) is 6.38. The highest BCUT2D eigenvalue weighted by molar-refractivity contribution is 5.92. The van der Waals surface area contributed by atoms with Gasteiger partial charge in [-0.15, -0.1) is 0 Å². The first-order valence-electron chi connectivity index (χ1n) is 10.3. The number of rotatable bonds is 6. The molecule has 1 atom stereocenters. The molecular formula is C24H27N3O5. The van der Waals surface area contributed by atoms with E-state index in [9.17, 15) is 4.79 Å². The topological polar surface area (TPSA) is 74.2 Å². The van der Waals surface area contributed by atoms with Gasteiger partial charge in [-0.3, -0.25) is 0 Å². The molecule has 1 N–H and O–H groups in total. The van der Waals surface area contributed by atoms with Crippen LogP contribution in [0.25, 0.3) is 0 Å². The van der Waals surface area contributed by atoms with E-state index < -0.39 is 0 Å². The smallest absolute Gasteiger partial charge is 0.322 e. The molecular weight excluding hydrogens is 410 g/mol. The molecule has 32 heavy (non-hydrogen) atoms. The lowest BCUT2D eigenvalue weighted by Crippen LogP contribution is -2.44. The first kappa shape index (κ1) is 21.4. The van der Waals surface area contributed by atoms with Crippen molar-refractivity contribution in [1.82, 2.24) is 9.47 Å². The first-order valence-corrected chi connectivity index (χ1v) is 10.3. The van der Waals surface area contributed by atoms with Crippen LogP contribution < -0.4 is 24.3 Å². The molecule has 8 nitrogen and oxygen atoms in total. The zero-order valence-electron chi connectivity index (χ0n) is 18.6. The SMILES string of the molecule is COc1ccc(NC(=O)N2CCn3cccc3C2c2ccc(OC)cc2OC)c(OC)c1. The summed E-state index contributed by atoms with van der Waals surface area (Å²) in [4.78, 5) is 15.3. The maximum atomic E-state index is 13.5. The lowest BCUT2D eigenvalue weighted by molar-refractivity contribution is 0.180. The molecule has 0 saturated carbocycles. The van der Waals surface area contributed by atoms with E-state index >= 15 is 0 Å². The molecule has 2 heterocycles. The van der Waals surface area contributed by atoms with Gasteiger partial charge in [0, 0.05) is 42.7 Å². The molecule has 2 aromatic carbocycles. The molecule has 0 fully saturated rings. The van der Waals surface area contributed by atoms with E-state index in [1.54, 1.807) is 46.6 Å². The van der Waals surface area contributed by atoms with Crippen LogP contribution in [0.4, 0.5) is 10.5 Å². The summed E-state index contributed by atoms with van der Waals surface area (Å²) in [6, 6.07) is 14.4. The fourth-order valence-corrected chi connectivity index (χ4v) is 4.06. The summed E-state index contributed by atoms with van der Waals surface area (Å²) in [6.07, 6.45) is 2.03. The molecule has 1 aliphatic rings. The lowest BCUT2D eigenvalue weighted by atomic mass is 9.99. The highest BCUT2D eigenvalue weighted by atomic mass is 16.5. The lowest BCUT2D eigenvalue weighted by Gasteiger charge is -2.37. The molecule has 0 bridgehead atoms. The van der Waals surface area contributed by atoms with Gasteiger partial charge in [0.15, 0.2) is 0 Å². The fourth-order valence-electron chi connectivity index (χ4n) is 4.06. The molecule has 4 rings (SSSR count). The minimum absolute atomic E-state index is 0.233. The van der Waals surface area contributed by atoms with E-state index in [2.05, 4.69) is 9.88 Å². The predicted octanol–water partition coefficient (Wildman–Crippen LogP) is 4.16. The minimum Gasteiger partial charge on any atom is -0.497 e. The average molecular weight is 437 g/mol. The number of anilines is 1. The minimum atomic E-state index is -0.330. The maximum absolute atomic E-state index is 13.5. The van der Waals surface area contributed by atoms with E-state index in [0.29, 0.717) is 41.8 Å². The Morgan fingerprint density at radius 1 is 0.875 bits per heavy atom. The van der Waals surface area contributed by atoms with Gasteiger partial charge in [-0.05, 0) is 36.4 Å². The van der Waals surface area contributed by atoms with Gasteiger partial charge in [0.2, 0.25) is 0 Å². The van der Waals surface area contributed by atoms with Gasteiger partial charge in [0.05, 0.1) is 34.1 Å². The molecule has 0 saturated heterocycles. The van der Waals surface area contributed by atoms with Crippen LogP contribution in [0.5, 0.6) is 23.0 Å². The number of nitrogens with one attached hydrogen (secondary N) is 1. The zero-order chi connectivity index (χ0) is 22.7. The normalized spacial score (nSPS) is 15.0. The number of urea groups is 1. The Morgan fingerprint density at radius 3 is 2.25 bits per heavy atom. The number of aromatic nitrogens is 1. The summed E-state index contributed by atoms with van der Waals surface area (Å²) in [5.41, 5.74) is 2.46. The van der Waals surface area contributed by atoms with Crippen molar-refractivity contribution in [3.05, 3.63) is 66.0 Å². The van der Waals surface area contributed by atoms with Crippen molar-refractivity contribution in [2.45, 2.75) is 12.6 Å². The van der Waals surface area contributed by atoms with Crippen molar-refractivity contribution in [3.8, 4) is 23.0 Å². The van der Waals surface area contributed by atoms with Gasteiger partial charge in [-0.25, -0.2) is 4.79 Å². The fraction of sp³-hybridized carbons (Fsp3) is 0.292. The number of amides is 2. The molecule has 0 aliphatic carbocycles. The second-order valence-electron chi connectivity index (χ2n) is 7.33. The van der Waals surface area contributed by atoms with Crippen LogP contribution in [0, 0.1) is 0 Å². The van der Waals surface area contributed by atoms with Gasteiger partial charge < -0.3 is 33.7 Å². The second-order valence-corrected chi connectivity index (χ2v) is 7.33. The summed E-state index contributed by atoms with van der Waals surface area (Å²) in [5.74, 6) is 2.52. The van der Waals surface area contributed by atoms with E-state index in [-0.39, 0.29) is 12.1 Å². The summed E-state index contributed by atoms with van der Waals surface area (Å²) < 4.78 is 23.9. The molecule has 1 aliphatic heterocycles. The number of carbonyl (C=O) groups is 1. The van der Waals surface area contributed by atoms with Crippen LogP contribution in [-0.2, 0) is 6.54 Å². The number of fused-ring (bicyclic) bond motifs is 1. The van der Waals surface area contributed by atoms with E-state index in [4.69, 9.17) is 18.9 Å². The Morgan fingerprint density at radius 2 is 1.56 bits per heavy atom. The largest absolute Gasteiger partial charge is 0.497 e. The van der Waals surface area contributed by atoms with E-state index in [1.165, 1.54) is 0 Å². The third kappa shape index (κ3) is 3.91. The summed E-state index contributed by atoms with van der Waals surface area (Å²) in [6.45, 7) is 1.23. The average Bonchev–Trinajstić information content (AvgIpc) is 3.32.